The van der Waals surface area contributed by atoms with Crippen LogP contribution in [0.3, 0.4) is 0 Å². The van der Waals surface area contributed by atoms with Crippen molar-refractivity contribution in [2.24, 2.45) is 5.92 Å². The minimum Gasteiger partial charge on any atom is -0.354 e. The van der Waals surface area contributed by atoms with E-state index in [4.69, 9.17) is 0 Å². The second kappa shape index (κ2) is 4.88. The van der Waals surface area contributed by atoms with Crippen LogP contribution in [-0.4, -0.2) is 23.3 Å². The van der Waals surface area contributed by atoms with E-state index in [0.717, 1.165) is 23.7 Å². The molecule has 0 unspecified atom stereocenters. The quantitative estimate of drug-likeness (QED) is 0.832. The van der Waals surface area contributed by atoms with Gasteiger partial charge in [0.1, 0.15) is 12.8 Å². The third-order valence-corrected chi connectivity index (χ3v) is 3.53. The Labute approximate surface area is 111 Å². The molecule has 19 heavy (non-hydrogen) atoms. The van der Waals surface area contributed by atoms with E-state index in [2.05, 4.69) is 5.32 Å². The summed E-state index contributed by atoms with van der Waals surface area (Å²) in [6.45, 7) is 1.09. The third kappa shape index (κ3) is 2.67. The van der Waals surface area contributed by atoms with E-state index in [9.17, 15) is 9.59 Å². The summed E-state index contributed by atoms with van der Waals surface area (Å²) in [4.78, 5) is 22.6. The van der Waals surface area contributed by atoms with Gasteiger partial charge in [0.25, 0.3) is 0 Å². The zero-order valence-corrected chi connectivity index (χ0v) is 10.6. The fourth-order valence-electron chi connectivity index (χ4n) is 2.20. The van der Waals surface area contributed by atoms with Crippen LogP contribution in [0, 0.1) is 5.92 Å². The number of aromatic nitrogens is 1. The first kappa shape index (κ1) is 12.0. The average Bonchev–Trinajstić information content (AvgIpc) is 3.18. The molecule has 1 aromatic carbocycles. The normalized spacial score (nSPS) is 14.5. The summed E-state index contributed by atoms with van der Waals surface area (Å²) >= 11 is 0. The Morgan fingerprint density at radius 2 is 2.21 bits per heavy atom. The number of aldehydes is 1. The number of amides is 1. The molecular formula is C15H16N2O2. The van der Waals surface area contributed by atoms with Crippen molar-refractivity contribution in [3.63, 3.8) is 0 Å². The molecule has 1 aromatic heterocycles. The summed E-state index contributed by atoms with van der Waals surface area (Å²) in [5, 5.41) is 3.99. The fraction of sp³-hybridized carbons (Fsp3) is 0.333. The largest absolute Gasteiger partial charge is 0.354 e. The van der Waals surface area contributed by atoms with Crippen molar-refractivity contribution in [3.8, 4) is 0 Å². The number of benzene rings is 1. The topological polar surface area (TPSA) is 51.1 Å². The Bertz CT molecular complexity index is 626. The number of fused-ring (bicyclic) bond motifs is 1. The van der Waals surface area contributed by atoms with E-state index < -0.39 is 0 Å². The number of rotatable bonds is 5. The molecule has 1 aliphatic rings. The lowest BCUT2D eigenvalue weighted by molar-refractivity contribution is -0.121. The predicted octanol–water partition coefficient (Wildman–Crippen LogP) is 1.98. The first-order chi connectivity index (χ1) is 9.26. The zero-order valence-electron chi connectivity index (χ0n) is 10.6. The Morgan fingerprint density at radius 3 is 2.95 bits per heavy atom. The molecule has 0 saturated heterocycles. The summed E-state index contributed by atoms with van der Waals surface area (Å²) < 4.78 is 1.88. The highest BCUT2D eigenvalue weighted by atomic mass is 16.2. The number of hydrogen-bond acceptors (Lipinski definition) is 2. The maximum Gasteiger partial charge on any atom is 0.239 e. The van der Waals surface area contributed by atoms with E-state index >= 15 is 0 Å². The Hall–Kier alpha value is -2.10. The number of nitrogens with zero attached hydrogens (tertiary/aromatic N) is 1. The number of carbonyl (C=O) groups is 2. The molecule has 1 fully saturated rings. The molecule has 0 radical (unpaired) electrons. The zero-order chi connectivity index (χ0) is 13.2. The monoisotopic (exact) mass is 256 g/mol. The van der Waals surface area contributed by atoms with Crippen LogP contribution in [0.25, 0.3) is 10.9 Å². The number of nitrogens with one attached hydrogen (secondary N) is 1. The van der Waals surface area contributed by atoms with Crippen molar-refractivity contribution >= 4 is 23.1 Å². The van der Waals surface area contributed by atoms with Gasteiger partial charge in [-0.2, -0.15) is 0 Å². The predicted molar refractivity (Wildman–Crippen MR) is 73.1 cm³/mol. The fourth-order valence-corrected chi connectivity index (χ4v) is 2.20. The van der Waals surface area contributed by atoms with Crippen LogP contribution in [0.5, 0.6) is 0 Å². The maximum atomic E-state index is 11.8. The Morgan fingerprint density at radius 1 is 1.37 bits per heavy atom. The summed E-state index contributed by atoms with van der Waals surface area (Å²) in [6.07, 6.45) is 5.17. The lowest BCUT2D eigenvalue weighted by atomic mass is 10.2. The molecule has 0 atom stereocenters. The highest BCUT2D eigenvalue weighted by molar-refractivity contribution is 5.88. The van der Waals surface area contributed by atoms with Crippen molar-refractivity contribution in [2.45, 2.75) is 19.4 Å². The molecule has 4 nitrogen and oxygen atoms in total. The molecule has 2 aromatic rings. The molecule has 0 spiro atoms. The van der Waals surface area contributed by atoms with Gasteiger partial charge < -0.3 is 9.88 Å². The first-order valence-corrected chi connectivity index (χ1v) is 6.57. The van der Waals surface area contributed by atoms with Crippen molar-refractivity contribution in [1.82, 2.24) is 9.88 Å². The van der Waals surface area contributed by atoms with E-state index in [0.29, 0.717) is 18.0 Å². The van der Waals surface area contributed by atoms with Gasteiger partial charge in [-0.15, -0.1) is 0 Å². The summed E-state index contributed by atoms with van der Waals surface area (Å²) in [6, 6.07) is 7.46. The van der Waals surface area contributed by atoms with Gasteiger partial charge in [0.2, 0.25) is 5.91 Å². The molecule has 1 saturated carbocycles. The van der Waals surface area contributed by atoms with Gasteiger partial charge in [-0.1, -0.05) is 12.1 Å². The Balaban J connectivity index is 1.75. The molecular weight excluding hydrogens is 240 g/mol. The molecule has 1 heterocycles. The maximum absolute atomic E-state index is 11.8. The molecule has 0 bridgehead atoms. The Kier molecular flexibility index (Phi) is 3.07. The van der Waals surface area contributed by atoms with E-state index in [1.165, 1.54) is 12.8 Å². The van der Waals surface area contributed by atoms with E-state index in [1.54, 1.807) is 6.07 Å². The van der Waals surface area contributed by atoms with Gasteiger partial charge in [0.05, 0.1) is 0 Å². The third-order valence-electron chi connectivity index (χ3n) is 3.53. The van der Waals surface area contributed by atoms with Crippen LogP contribution < -0.4 is 5.32 Å². The summed E-state index contributed by atoms with van der Waals surface area (Å²) in [5.74, 6) is 0.716. The summed E-state index contributed by atoms with van der Waals surface area (Å²) in [5.41, 5.74) is 1.55. The molecule has 1 amide bonds. The van der Waals surface area contributed by atoms with Gasteiger partial charge in [0.15, 0.2) is 0 Å². The van der Waals surface area contributed by atoms with Crippen LogP contribution in [0.4, 0.5) is 0 Å². The highest BCUT2D eigenvalue weighted by Crippen LogP contribution is 2.27. The lowest BCUT2D eigenvalue weighted by Crippen LogP contribution is -2.29. The van der Waals surface area contributed by atoms with Crippen LogP contribution in [0.1, 0.15) is 23.2 Å². The molecule has 0 aliphatic heterocycles. The first-order valence-electron chi connectivity index (χ1n) is 6.57. The minimum absolute atomic E-state index is 0.0286. The molecule has 1 N–H and O–H groups in total. The second-order valence-corrected chi connectivity index (χ2v) is 5.13. The number of carbonyl (C=O) groups excluding carboxylic acids is 2. The van der Waals surface area contributed by atoms with Crippen molar-refractivity contribution in [2.75, 3.05) is 6.54 Å². The van der Waals surface area contributed by atoms with Crippen molar-refractivity contribution in [3.05, 3.63) is 36.0 Å². The van der Waals surface area contributed by atoms with Gasteiger partial charge >= 0.3 is 0 Å². The average molecular weight is 256 g/mol. The lowest BCUT2D eigenvalue weighted by Gasteiger charge is -2.07. The van der Waals surface area contributed by atoms with Crippen molar-refractivity contribution < 1.29 is 9.59 Å². The second-order valence-electron chi connectivity index (χ2n) is 5.13. The van der Waals surface area contributed by atoms with Crippen molar-refractivity contribution in [1.29, 1.82) is 0 Å². The standard InChI is InChI=1S/C15H16N2O2/c18-10-12-3-4-13-5-6-17(14(13)7-12)9-15(19)16-8-11-1-2-11/h3-7,10-11H,1-2,8-9H2,(H,16,19). The molecule has 3 rings (SSSR count). The van der Waals surface area contributed by atoms with Gasteiger partial charge in [-0.25, -0.2) is 0 Å². The SMILES string of the molecule is O=Cc1ccc2ccn(CC(=O)NCC3CC3)c2c1. The molecule has 4 heteroatoms. The van der Waals surface area contributed by atoms with E-state index in [1.807, 2.05) is 29.0 Å². The van der Waals surface area contributed by atoms with Crippen LogP contribution >= 0.6 is 0 Å². The van der Waals surface area contributed by atoms with Crippen LogP contribution in [0.2, 0.25) is 0 Å². The van der Waals surface area contributed by atoms with Gasteiger partial charge in [0, 0.05) is 23.8 Å². The smallest absolute Gasteiger partial charge is 0.239 e. The van der Waals surface area contributed by atoms with Crippen LogP contribution in [-0.2, 0) is 11.3 Å². The number of hydrogen-bond donors (Lipinski definition) is 1. The minimum atomic E-state index is 0.0286. The highest BCUT2D eigenvalue weighted by Gasteiger charge is 2.21. The van der Waals surface area contributed by atoms with Crippen LogP contribution in [0.15, 0.2) is 30.5 Å². The van der Waals surface area contributed by atoms with Gasteiger partial charge in [-0.3, -0.25) is 9.59 Å². The van der Waals surface area contributed by atoms with Gasteiger partial charge in [-0.05, 0) is 36.3 Å². The molecule has 98 valence electrons. The summed E-state index contributed by atoms with van der Waals surface area (Å²) in [7, 11) is 0. The van der Waals surface area contributed by atoms with E-state index in [-0.39, 0.29) is 5.91 Å². The molecule has 1 aliphatic carbocycles.